The maximum atomic E-state index is 12.4. The summed E-state index contributed by atoms with van der Waals surface area (Å²) in [6.07, 6.45) is 0. The van der Waals surface area contributed by atoms with Crippen LogP contribution in [-0.4, -0.2) is 44.3 Å². The van der Waals surface area contributed by atoms with Crippen molar-refractivity contribution in [2.75, 3.05) is 0 Å². The van der Waals surface area contributed by atoms with Crippen LogP contribution < -0.4 is 0 Å². The Hall–Kier alpha value is -5.24. The predicted octanol–water partition coefficient (Wildman–Crippen LogP) is 5.48. The number of aromatic carboxylic acids is 4. The molecule has 0 aliphatic heterocycles. The summed E-state index contributed by atoms with van der Waals surface area (Å²) in [6.45, 7) is 0. The van der Waals surface area contributed by atoms with E-state index in [-0.39, 0.29) is 16.7 Å². The Morgan fingerprint density at radius 3 is 1.53 bits per heavy atom. The first-order chi connectivity index (χ1) is 17.2. The van der Waals surface area contributed by atoms with Crippen LogP contribution in [0.25, 0.3) is 33.4 Å². The number of rotatable bonds is 7. The van der Waals surface area contributed by atoms with Gasteiger partial charge in [0.15, 0.2) is 0 Å². The molecular weight excluding hydrogens is 464 g/mol. The minimum atomic E-state index is -1.60. The van der Waals surface area contributed by atoms with Gasteiger partial charge in [-0.2, -0.15) is 0 Å². The van der Waals surface area contributed by atoms with Crippen molar-refractivity contribution in [2.45, 2.75) is 0 Å². The summed E-state index contributed by atoms with van der Waals surface area (Å²) in [7, 11) is 0. The first kappa shape index (κ1) is 23.9. The number of carbonyl (C=O) groups is 4. The summed E-state index contributed by atoms with van der Waals surface area (Å²) in [5.74, 6) is -6.24. The maximum absolute atomic E-state index is 12.4. The van der Waals surface area contributed by atoms with Crippen LogP contribution in [0.4, 0.5) is 0 Å². The van der Waals surface area contributed by atoms with Gasteiger partial charge in [-0.05, 0) is 39.9 Å². The molecule has 4 aromatic carbocycles. The molecule has 8 nitrogen and oxygen atoms in total. The van der Waals surface area contributed by atoms with Crippen LogP contribution in [0.5, 0.6) is 0 Å². The van der Waals surface area contributed by atoms with Crippen LogP contribution in [0.15, 0.2) is 84.9 Å². The van der Waals surface area contributed by atoms with Crippen molar-refractivity contribution in [1.82, 2.24) is 0 Å². The van der Waals surface area contributed by atoms with Crippen LogP contribution in [0, 0.1) is 0 Å². The molecule has 4 aromatic rings. The van der Waals surface area contributed by atoms with Crippen LogP contribution in [0.1, 0.15) is 41.4 Å². The van der Waals surface area contributed by atoms with Gasteiger partial charge in [-0.25, -0.2) is 19.2 Å². The lowest BCUT2D eigenvalue weighted by atomic mass is 9.82. The smallest absolute Gasteiger partial charge is 0.337 e. The minimum Gasteiger partial charge on any atom is -0.478 e. The largest absolute Gasteiger partial charge is 0.478 e. The Labute approximate surface area is 204 Å². The second-order valence-corrected chi connectivity index (χ2v) is 7.77. The predicted molar refractivity (Wildman–Crippen MR) is 131 cm³/mol. The Morgan fingerprint density at radius 1 is 0.417 bits per heavy atom. The van der Waals surface area contributed by atoms with E-state index in [2.05, 4.69) is 0 Å². The summed E-state index contributed by atoms with van der Waals surface area (Å²) in [5, 5.41) is 39.4. The van der Waals surface area contributed by atoms with E-state index in [0.717, 1.165) is 17.7 Å². The average molecular weight is 482 g/mol. The lowest BCUT2D eigenvalue weighted by Gasteiger charge is -2.20. The molecule has 0 aromatic heterocycles. The van der Waals surface area contributed by atoms with E-state index >= 15 is 0 Å². The Kier molecular flexibility index (Phi) is 6.34. The van der Waals surface area contributed by atoms with Crippen molar-refractivity contribution in [3.8, 4) is 33.4 Å². The van der Waals surface area contributed by atoms with Gasteiger partial charge in [-0.3, -0.25) is 0 Å². The van der Waals surface area contributed by atoms with Gasteiger partial charge in [0.2, 0.25) is 0 Å². The fraction of sp³-hybridized carbons (Fsp3) is 0. The SMILES string of the molecule is O=C(O)c1cccc(-c2c(-c3ccccc3-c3ccccc3)ccc(C(=O)O)c2C(=O)O)c1C(=O)O. The standard InChI is InChI=1S/C28H18O8/c29-25(30)20-12-6-11-19(23(20)27(33)34)22-18(13-14-21(26(31)32)24(22)28(35)36)17-10-5-4-9-16(17)15-7-2-1-3-8-15/h1-14H,(H,29,30)(H,31,32)(H,33,34)(H,35,36). The molecule has 0 radical (unpaired) electrons. The molecule has 4 N–H and O–H groups in total. The number of benzene rings is 4. The molecule has 0 saturated heterocycles. The van der Waals surface area contributed by atoms with Crippen molar-refractivity contribution < 1.29 is 39.6 Å². The Morgan fingerprint density at radius 2 is 0.944 bits per heavy atom. The van der Waals surface area contributed by atoms with Gasteiger partial charge in [0.1, 0.15) is 0 Å². The van der Waals surface area contributed by atoms with Crippen LogP contribution in [-0.2, 0) is 0 Å². The zero-order valence-corrected chi connectivity index (χ0v) is 18.5. The van der Waals surface area contributed by atoms with Gasteiger partial charge in [-0.1, -0.05) is 72.8 Å². The fourth-order valence-corrected chi connectivity index (χ4v) is 4.26. The fourth-order valence-electron chi connectivity index (χ4n) is 4.26. The van der Waals surface area contributed by atoms with Crippen molar-refractivity contribution in [2.24, 2.45) is 0 Å². The molecule has 8 heteroatoms. The Balaban J connectivity index is 2.21. The highest BCUT2D eigenvalue weighted by Crippen LogP contribution is 2.42. The van der Waals surface area contributed by atoms with E-state index < -0.39 is 46.1 Å². The molecule has 0 atom stereocenters. The lowest BCUT2D eigenvalue weighted by molar-refractivity contribution is 0.0650. The van der Waals surface area contributed by atoms with E-state index in [1.54, 1.807) is 24.3 Å². The minimum absolute atomic E-state index is 0.203. The summed E-state index contributed by atoms with van der Waals surface area (Å²) in [4.78, 5) is 48.5. The van der Waals surface area contributed by atoms with Crippen molar-refractivity contribution in [3.63, 3.8) is 0 Å². The maximum Gasteiger partial charge on any atom is 0.337 e. The average Bonchev–Trinajstić information content (AvgIpc) is 2.87. The van der Waals surface area contributed by atoms with Gasteiger partial charge in [-0.15, -0.1) is 0 Å². The zero-order valence-electron chi connectivity index (χ0n) is 18.5. The molecule has 0 bridgehead atoms. The number of carboxylic acids is 4. The molecule has 4 rings (SSSR count). The van der Waals surface area contributed by atoms with Crippen molar-refractivity contribution in [3.05, 3.63) is 107 Å². The van der Waals surface area contributed by atoms with Crippen molar-refractivity contribution in [1.29, 1.82) is 0 Å². The first-order valence-electron chi connectivity index (χ1n) is 10.6. The monoisotopic (exact) mass is 482 g/mol. The molecule has 0 spiro atoms. The summed E-state index contributed by atoms with van der Waals surface area (Å²) in [6, 6.07) is 22.4. The third-order valence-electron chi connectivity index (χ3n) is 5.73. The summed E-state index contributed by atoms with van der Waals surface area (Å²) >= 11 is 0. The van der Waals surface area contributed by atoms with Gasteiger partial charge in [0, 0.05) is 5.56 Å². The van der Waals surface area contributed by atoms with E-state index in [1.165, 1.54) is 18.2 Å². The van der Waals surface area contributed by atoms with Crippen LogP contribution in [0.2, 0.25) is 0 Å². The number of carboxylic acid groups (broad SMARTS) is 4. The van der Waals surface area contributed by atoms with E-state index in [4.69, 9.17) is 0 Å². The first-order valence-corrected chi connectivity index (χ1v) is 10.6. The van der Waals surface area contributed by atoms with Gasteiger partial charge >= 0.3 is 23.9 Å². The third-order valence-corrected chi connectivity index (χ3v) is 5.73. The molecule has 36 heavy (non-hydrogen) atoms. The topological polar surface area (TPSA) is 149 Å². The van der Waals surface area contributed by atoms with Crippen molar-refractivity contribution >= 4 is 23.9 Å². The van der Waals surface area contributed by atoms with Gasteiger partial charge in [0.25, 0.3) is 0 Å². The highest BCUT2D eigenvalue weighted by molar-refractivity contribution is 6.14. The molecule has 0 aliphatic rings. The second-order valence-electron chi connectivity index (χ2n) is 7.77. The molecule has 0 saturated carbocycles. The molecule has 0 aliphatic carbocycles. The summed E-state index contributed by atoms with van der Waals surface area (Å²) in [5.41, 5.74) is -0.610. The third kappa shape index (κ3) is 4.19. The van der Waals surface area contributed by atoms with E-state index in [0.29, 0.717) is 11.1 Å². The second kappa shape index (κ2) is 9.55. The molecule has 0 unspecified atom stereocenters. The van der Waals surface area contributed by atoms with Crippen LogP contribution in [0.3, 0.4) is 0 Å². The highest BCUT2D eigenvalue weighted by Gasteiger charge is 2.30. The lowest BCUT2D eigenvalue weighted by Crippen LogP contribution is -2.14. The number of hydrogen-bond acceptors (Lipinski definition) is 4. The van der Waals surface area contributed by atoms with Crippen LogP contribution >= 0.6 is 0 Å². The van der Waals surface area contributed by atoms with Gasteiger partial charge in [0.05, 0.1) is 22.3 Å². The molecule has 178 valence electrons. The highest BCUT2D eigenvalue weighted by atomic mass is 16.4. The quantitative estimate of drug-likeness (QED) is 0.270. The molecule has 0 heterocycles. The molecule has 0 amide bonds. The van der Waals surface area contributed by atoms with E-state index in [9.17, 15) is 39.6 Å². The molecular formula is C28H18O8. The normalized spacial score (nSPS) is 10.6. The van der Waals surface area contributed by atoms with E-state index in [1.807, 2.05) is 30.3 Å². The number of hydrogen-bond donors (Lipinski definition) is 4. The zero-order chi connectivity index (χ0) is 26.0. The molecule has 0 fully saturated rings. The van der Waals surface area contributed by atoms with Gasteiger partial charge < -0.3 is 20.4 Å². The Bertz CT molecular complexity index is 1540. The summed E-state index contributed by atoms with van der Waals surface area (Å²) < 4.78 is 0.